The van der Waals surface area contributed by atoms with Crippen molar-refractivity contribution in [2.45, 2.75) is 32.9 Å². The van der Waals surface area contributed by atoms with Gasteiger partial charge in [0.05, 0.1) is 23.0 Å². The molecule has 0 amide bonds. The minimum absolute atomic E-state index is 0.171. The molecule has 1 unspecified atom stereocenters. The highest BCUT2D eigenvalue weighted by Gasteiger charge is 2.19. The molecule has 1 heterocycles. The van der Waals surface area contributed by atoms with E-state index in [1.54, 1.807) is 6.20 Å². The van der Waals surface area contributed by atoms with Crippen LogP contribution < -0.4 is 5.32 Å². The summed E-state index contributed by atoms with van der Waals surface area (Å²) in [5.41, 5.74) is 2.33. The van der Waals surface area contributed by atoms with Crippen molar-refractivity contribution in [1.29, 1.82) is 0 Å². The smallest absolute Gasteiger partial charge is 0.0834 e. The van der Waals surface area contributed by atoms with Gasteiger partial charge >= 0.3 is 0 Å². The van der Waals surface area contributed by atoms with Crippen LogP contribution in [0.25, 0.3) is 0 Å². The maximum atomic E-state index is 6.32. The monoisotopic (exact) mass is 355 g/mol. The summed E-state index contributed by atoms with van der Waals surface area (Å²) < 4.78 is 3.06. The van der Waals surface area contributed by atoms with Gasteiger partial charge in [-0.25, -0.2) is 0 Å². The van der Waals surface area contributed by atoms with E-state index in [9.17, 15) is 0 Å². The van der Waals surface area contributed by atoms with Crippen molar-refractivity contribution in [3.05, 3.63) is 51.2 Å². The van der Waals surface area contributed by atoms with Crippen LogP contribution in [0.15, 0.2) is 34.9 Å². The van der Waals surface area contributed by atoms with Gasteiger partial charge in [0.1, 0.15) is 0 Å². The van der Waals surface area contributed by atoms with Crippen LogP contribution in [-0.2, 0) is 13.0 Å². The fourth-order valence-electron chi connectivity index (χ4n) is 2.38. The summed E-state index contributed by atoms with van der Waals surface area (Å²) in [6, 6.07) is 8.54. The van der Waals surface area contributed by atoms with Crippen molar-refractivity contribution in [2.24, 2.45) is 0 Å². The maximum Gasteiger partial charge on any atom is 0.0834 e. The van der Waals surface area contributed by atoms with Crippen LogP contribution >= 0.6 is 27.5 Å². The Bertz CT molecular complexity index is 568. The highest BCUT2D eigenvalue weighted by atomic mass is 79.9. The zero-order valence-electron chi connectivity index (χ0n) is 11.7. The fraction of sp³-hybridized carbons (Fsp3) is 0.400. The van der Waals surface area contributed by atoms with Crippen molar-refractivity contribution in [2.75, 3.05) is 6.54 Å². The first-order valence-electron chi connectivity index (χ1n) is 6.84. The molecule has 5 heteroatoms. The van der Waals surface area contributed by atoms with Crippen LogP contribution in [0.4, 0.5) is 0 Å². The first-order chi connectivity index (χ1) is 9.65. The lowest BCUT2D eigenvalue weighted by molar-refractivity contribution is 0.490. The molecule has 0 saturated heterocycles. The Morgan fingerprint density at radius 1 is 1.40 bits per heavy atom. The van der Waals surface area contributed by atoms with Crippen molar-refractivity contribution in [1.82, 2.24) is 15.1 Å². The molecule has 0 aliphatic heterocycles. The molecule has 2 aromatic rings. The molecule has 0 bridgehead atoms. The molecule has 108 valence electrons. The molecule has 0 aliphatic rings. The third kappa shape index (κ3) is 3.62. The molecule has 3 nitrogen and oxygen atoms in total. The first kappa shape index (κ1) is 15.5. The Hall–Kier alpha value is -0.840. The summed E-state index contributed by atoms with van der Waals surface area (Å²) in [6.45, 7) is 5.90. The standard InChI is InChI=1S/C15H19BrClN3/c1-3-18-14(9-11-6-5-7-12(16)8-11)15-13(17)10-19-20(15)4-2/h5-8,10,14,18H,3-4,9H2,1-2H3. The van der Waals surface area contributed by atoms with Crippen molar-refractivity contribution in [3.8, 4) is 0 Å². The highest BCUT2D eigenvalue weighted by molar-refractivity contribution is 9.10. The summed E-state index contributed by atoms with van der Waals surface area (Å²) in [5, 5.41) is 8.57. The normalized spacial score (nSPS) is 12.6. The van der Waals surface area contributed by atoms with Gasteiger partial charge in [0.15, 0.2) is 0 Å². The Morgan fingerprint density at radius 3 is 2.85 bits per heavy atom. The van der Waals surface area contributed by atoms with E-state index in [2.05, 4.69) is 58.4 Å². The van der Waals surface area contributed by atoms with Crippen molar-refractivity contribution >= 4 is 27.5 Å². The molecule has 1 aromatic heterocycles. The predicted molar refractivity (Wildman–Crippen MR) is 87.2 cm³/mol. The summed E-state index contributed by atoms with van der Waals surface area (Å²) in [5.74, 6) is 0. The number of rotatable bonds is 6. The largest absolute Gasteiger partial charge is 0.309 e. The van der Waals surface area contributed by atoms with Gasteiger partial charge in [0.2, 0.25) is 0 Å². The third-order valence-electron chi connectivity index (χ3n) is 3.24. The number of likely N-dealkylation sites (N-methyl/N-ethyl adjacent to an activating group) is 1. The molecule has 1 aromatic carbocycles. The predicted octanol–water partition coefficient (Wildman–Crippen LogP) is 4.21. The number of aryl methyl sites for hydroxylation is 1. The average Bonchev–Trinajstić information content (AvgIpc) is 2.79. The number of hydrogen-bond donors (Lipinski definition) is 1. The number of halogens is 2. The lowest BCUT2D eigenvalue weighted by Gasteiger charge is -2.20. The van der Waals surface area contributed by atoms with E-state index in [4.69, 9.17) is 11.6 Å². The lowest BCUT2D eigenvalue weighted by Crippen LogP contribution is -2.26. The van der Waals surface area contributed by atoms with Gasteiger partial charge in [-0.15, -0.1) is 0 Å². The number of hydrogen-bond acceptors (Lipinski definition) is 2. The van der Waals surface area contributed by atoms with E-state index in [1.165, 1.54) is 5.56 Å². The molecule has 0 fully saturated rings. The molecule has 2 rings (SSSR count). The van der Waals surface area contributed by atoms with E-state index in [-0.39, 0.29) is 6.04 Å². The van der Waals surface area contributed by atoms with Gasteiger partial charge < -0.3 is 5.32 Å². The summed E-state index contributed by atoms with van der Waals surface area (Å²) in [4.78, 5) is 0. The third-order valence-corrected chi connectivity index (χ3v) is 4.03. The Balaban J connectivity index is 2.29. The maximum absolute atomic E-state index is 6.32. The summed E-state index contributed by atoms with van der Waals surface area (Å²) in [7, 11) is 0. The second-order valence-electron chi connectivity index (χ2n) is 4.64. The first-order valence-corrected chi connectivity index (χ1v) is 8.01. The average molecular weight is 357 g/mol. The number of aromatic nitrogens is 2. The molecule has 0 saturated carbocycles. The van der Waals surface area contributed by atoms with Gasteiger partial charge in [-0.05, 0) is 37.6 Å². The highest BCUT2D eigenvalue weighted by Crippen LogP contribution is 2.26. The van der Waals surface area contributed by atoms with Crippen LogP contribution in [0.1, 0.15) is 31.1 Å². The quantitative estimate of drug-likeness (QED) is 0.840. The van der Waals surface area contributed by atoms with Gasteiger partial charge in [-0.2, -0.15) is 5.10 Å². The van der Waals surface area contributed by atoms with E-state index < -0.39 is 0 Å². The molecule has 0 spiro atoms. The molecular formula is C15H19BrClN3. The Morgan fingerprint density at radius 2 is 2.20 bits per heavy atom. The summed E-state index contributed by atoms with van der Waals surface area (Å²) in [6.07, 6.45) is 2.62. The van der Waals surface area contributed by atoms with Crippen LogP contribution in [0.3, 0.4) is 0 Å². The van der Waals surface area contributed by atoms with Gasteiger partial charge in [-0.3, -0.25) is 4.68 Å². The van der Waals surface area contributed by atoms with Crippen LogP contribution in [0.2, 0.25) is 5.02 Å². The van der Waals surface area contributed by atoms with Gasteiger partial charge in [0, 0.05) is 11.0 Å². The van der Waals surface area contributed by atoms with Crippen LogP contribution in [0, 0.1) is 0 Å². The van der Waals surface area contributed by atoms with E-state index in [0.29, 0.717) is 0 Å². The molecule has 1 N–H and O–H groups in total. The Kier molecular flexibility index (Phi) is 5.64. The molecule has 0 aliphatic carbocycles. The van der Waals surface area contributed by atoms with E-state index in [1.807, 2.05) is 10.7 Å². The number of benzene rings is 1. The zero-order chi connectivity index (χ0) is 14.5. The molecule has 0 radical (unpaired) electrons. The SMILES string of the molecule is CCNC(Cc1cccc(Br)c1)c1c(Cl)cnn1CC. The van der Waals surface area contributed by atoms with Gasteiger partial charge in [-0.1, -0.05) is 46.6 Å². The van der Waals surface area contributed by atoms with Crippen LogP contribution in [-0.4, -0.2) is 16.3 Å². The van der Waals surface area contributed by atoms with Crippen molar-refractivity contribution in [3.63, 3.8) is 0 Å². The lowest BCUT2D eigenvalue weighted by atomic mass is 10.0. The van der Waals surface area contributed by atoms with Crippen LogP contribution in [0.5, 0.6) is 0 Å². The van der Waals surface area contributed by atoms with Gasteiger partial charge in [0.25, 0.3) is 0 Å². The second kappa shape index (κ2) is 7.25. The summed E-state index contributed by atoms with van der Waals surface area (Å²) >= 11 is 9.84. The molecule has 1 atom stereocenters. The fourth-order valence-corrected chi connectivity index (χ4v) is 3.10. The van der Waals surface area contributed by atoms with Crippen molar-refractivity contribution < 1.29 is 0 Å². The second-order valence-corrected chi connectivity index (χ2v) is 5.96. The number of nitrogens with one attached hydrogen (secondary N) is 1. The topological polar surface area (TPSA) is 29.9 Å². The number of nitrogens with zero attached hydrogens (tertiary/aromatic N) is 2. The Labute approximate surface area is 133 Å². The minimum Gasteiger partial charge on any atom is -0.309 e. The van der Waals surface area contributed by atoms with E-state index >= 15 is 0 Å². The zero-order valence-corrected chi connectivity index (χ0v) is 14.1. The van der Waals surface area contributed by atoms with E-state index in [0.717, 1.165) is 34.7 Å². The molecule has 20 heavy (non-hydrogen) atoms. The minimum atomic E-state index is 0.171. The molecular weight excluding hydrogens is 338 g/mol.